The number of fused-ring (bicyclic) bond motifs is 2. The summed E-state index contributed by atoms with van der Waals surface area (Å²) in [6.45, 7) is 4.45. The summed E-state index contributed by atoms with van der Waals surface area (Å²) < 4.78 is 25.2. The molecule has 0 amide bonds. The zero-order chi connectivity index (χ0) is 22.1. The first kappa shape index (κ1) is 20.7. The molecule has 164 valence electrons. The van der Waals surface area contributed by atoms with E-state index in [1.165, 1.54) is 23.5 Å². The first-order chi connectivity index (χ1) is 15.6. The highest BCUT2D eigenvalue weighted by molar-refractivity contribution is 7.17. The van der Waals surface area contributed by atoms with E-state index in [9.17, 15) is 9.18 Å². The van der Waals surface area contributed by atoms with Crippen molar-refractivity contribution in [2.24, 2.45) is 0 Å². The average Bonchev–Trinajstić information content (AvgIpc) is 3.23. The topological polar surface area (TPSA) is 67.5 Å². The van der Waals surface area contributed by atoms with Gasteiger partial charge in [-0.05, 0) is 36.4 Å². The van der Waals surface area contributed by atoms with Crippen molar-refractivity contribution >= 4 is 21.6 Å². The Morgan fingerprint density at radius 3 is 2.75 bits per heavy atom. The zero-order valence-corrected chi connectivity index (χ0v) is 18.3. The number of aromatic amines is 1. The van der Waals surface area contributed by atoms with Crippen molar-refractivity contribution in [2.75, 3.05) is 19.7 Å². The summed E-state index contributed by atoms with van der Waals surface area (Å²) in [5, 5.41) is 2.43. The fourth-order valence-electron chi connectivity index (χ4n) is 3.87. The Balaban J connectivity index is 1.34. The number of aromatic nitrogens is 2. The molecule has 1 atom stereocenters. The zero-order valence-electron chi connectivity index (χ0n) is 17.5. The molecule has 8 heteroatoms. The van der Waals surface area contributed by atoms with Crippen LogP contribution in [-0.2, 0) is 6.54 Å². The van der Waals surface area contributed by atoms with Crippen molar-refractivity contribution in [1.82, 2.24) is 14.9 Å². The fraction of sp³-hybridized carbons (Fsp3) is 0.250. The number of rotatable bonds is 6. The number of hydrogen-bond donors (Lipinski definition) is 1. The van der Waals surface area contributed by atoms with Gasteiger partial charge in [0, 0.05) is 17.5 Å². The maximum Gasteiger partial charge on any atom is 0.260 e. The summed E-state index contributed by atoms with van der Waals surface area (Å²) in [5.41, 5.74) is 1.37. The largest absolute Gasteiger partial charge is 0.486 e. The van der Waals surface area contributed by atoms with Gasteiger partial charge in [0.1, 0.15) is 29.2 Å². The Bertz CT molecular complexity index is 1300. The molecule has 4 aromatic rings. The van der Waals surface area contributed by atoms with E-state index in [0.717, 1.165) is 29.2 Å². The van der Waals surface area contributed by atoms with Gasteiger partial charge in [0.2, 0.25) is 0 Å². The van der Waals surface area contributed by atoms with Crippen LogP contribution in [0.25, 0.3) is 21.3 Å². The van der Waals surface area contributed by atoms with Crippen LogP contribution >= 0.6 is 11.3 Å². The van der Waals surface area contributed by atoms with Crippen LogP contribution in [0.15, 0.2) is 58.7 Å². The standard InChI is InChI=1S/C24H22FN3O3S/c1-2-28(11-17-13-30-19-5-3-4-6-20(19)31-17)12-21-26-23(29)22-18(14-32-24(22)27-21)15-7-9-16(25)10-8-15/h3-10,14,17H,2,11-13H2,1H3,(H,26,27,29)/t17-/m0/s1. The third kappa shape index (κ3) is 4.11. The smallest absolute Gasteiger partial charge is 0.260 e. The number of hydrogen-bond acceptors (Lipinski definition) is 6. The van der Waals surface area contributed by atoms with Crippen LogP contribution in [0.3, 0.4) is 0 Å². The monoisotopic (exact) mass is 451 g/mol. The molecule has 2 aromatic heterocycles. The van der Waals surface area contributed by atoms with Gasteiger partial charge in [-0.1, -0.05) is 31.2 Å². The maximum absolute atomic E-state index is 13.3. The van der Waals surface area contributed by atoms with E-state index < -0.39 is 0 Å². The Morgan fingerprint density at radius 2 is 1.97 bits per heavy atom. The summed E-state index contributed by atoms with van der Waals surface area (Å²) in [4.78, 5) is 23.4. The van der Waals surface area contributed by atoms with Gasteiger partial charge in [-0.15, -0.1) is 11.3 Å². The Hall–Kier alpha value is -3.23. The highest BCUT2D eigenvalue weighted by Gasteiger charge is 2.23. The molecule has 0 radical (unpaired) electrons. The number of likely N-dealkylation sites (N-methyl/N-ethyl adjacent to an activating group) is 1. The lowest BCUT2D eigenvalue weighted by Crippen LogP contribution is -2.41. The average molecular weight is 452 g/mol. The number of H-pyrrole nitrogens is 1. The van der Waals surface area contributed by atoms with Crippen molar-refractivity contribution in [3.05, 3.63) is 75.9 Å². The second-order valence-electron chi connectivity index (χ2n) is 7.67. The third-order valence-corrected chi connectivity index (χ3v) is 6.37. The molecule has 3 heterocycles. The molecule has 0 fully saturated rings. The fourth-order valence-corrected chi connectivity index (χ4v) is 4.84. The summed E-state index contributed by atoms with van der Waals surface area (Å²) in [6, 6.07) is 13.8. The molecule has 0 bridgehead atoms. The highest BCUT2D eigenvalue weighted by atomic mass is 32.1. The SMILES string of the molecule is CCN(Cc1nc2scc(-c3ccc(F)cc3)c2c(=O)[nH]1)C[C@H]1COc2ccccc2O1. The van der Waals surface area contributed by atoms with Crippen LogP contribution in [0.2, 0.25) is 0 Å². The summed E-state index contributed by atoms with van der Waals surface area (Å²) in [5.74, 6) is 1.81. The van der Waals surface area contributed by atoms with Gasteiger partial charge in [-0.25, -0.2) is 9.37 Å². The molecule has 1 aliphatic rings. The van der Waals surface area contributed by atoms with E-state index in [1.807, 2.05) is 29.6 Å². The number of thiophene rings is 1. The van der Waals surface area contributed by atoms with E-state index in [4.69, 9.17) is 14.5 Å². The van der Waals surface area contributed by atoms with Crippen molar-refractivity contribution in [3.8, 4) is 22.6 Å². The summed E-state index contributed by atoms with van der Waals surface area (Å²) in [7, 11) is 0. The molecule has 1 aliphatic heterocycles. The van der Waals surface area contributed by atoms with Gasteiger partial charge >= 0.3 is 0 Å². The van der Waals surface area contributed by atoms with Gasteiger partial charge in [-0.2, -0.15) is 0 Å². The van der Waals surface area contributed by atoms with E-state index in [-0.39, 0.29) is 17.5 Å². The lowest BCUT2D eigenvalue weighted by Gasteiger charge is -2.30. The van der Waals surface area contributed by atoms with Gasteiger partial charge < -0.3 is 14.5 Å². The van der Waals surface area contributed by atoms with E-state index in [1.54, 1.807) is 12.1 Å². The summed E-state index contributed by atoms with van der Waals surface area (Å²) in [6.07, 6.45) is -0.105. The molecule has 0 spiro atoms. The van der Waals surface area contributed by atoms with Crippen molar-refractivity contribution < 1.29 is 13.9 Å². The highest BCUT2D eigenvalue weighted by Crippen LogP contribution is 2.32. The number of halogens is 1. The molecule has 6 nitrogen and oxygen atoms in total. The lowest BCUT2D eigenvalue weighted by atomic mass is 10.1. The molecule has 1 N–H and O–H groups in total. The molecule has 0 unspecified atom stereocenters. The normalized spacial score (nSPS) is 15.4. The Labute approximate surface area is 188 Å². The van der Waals surface area contributed by atoms with Crippen LogP contribution < -0.4 is 15.0 Å². The predicted molar refractivity (Wildman–Crippen MR) is 123 cm³/mol. The number of para-hydroxylation sites is 2. The van der Waals surface area contributed by atoms with Crippen LogP contribution in [-0.4, -0.2) is 40.7 Å². The number of nitrogens with zero attached hydrogens (tertiary/aromatic N) is 2. The molecular weight excluding hydrogens is 429 g/mol. The number of benzene rings is 2. The quantitative estimate of drug-likeness (QED) is 0.469. The van der Waals surface area contributed by atoms with Gasteiger partial charge in [-0.3, -0.25) is 9.69 Å². The molecule has 32 heavy (non-hydrogen) atoms. The van der Waals surface area contributed by atoms with Crippen LogP contribution in [0.1, 0.15) is 12.7 Å². The number of nitrogens with one attached hydrogen (secondary N) is 1. The van der Waals surface area contributed by atoms with Crippen molar-refractivity contribution in [3.63, 3.8) is 0 Å². The maximum atomic E-state index is 13.3. The van der Waals surface area contributed by atoms with Gasteiger partial charge in [0.05, 0.1) is 11.9 Å². The van der Waals surface area contributed by atoms with Gasteiger partial charge in [0.25, 0.3) is 5.56 Å². The lowest BCUT2D eigenvalue weighted by molar-refractivity contribution is 0.0573. The Morgan fingerprint density at radius 1 is 1.19 bits per heavy atom. The second kappa shape index (κ2) is 8.72. The second-order valence-corrected chi connectivity index (χ2v) is 8.53. The van der Waals surface area contributed by atoms with Crippen molar-refractivity contribution in [2.45, 2.75) is 19.6 Å². The molecule has 0 saturated carbocycles. The molecule has 5 rings (SSSR count). The van der Waals surface area contributed by atoms with E-state index in [2.05, 4.69) is 16.8 Å². The van der Waals surface area contributed by atoms with Crippen molar-refractivity contribution in [1.29, 1.82) is 0 Å². The molecule has 0 saturated heterocycles. The minimum atomic E-state index is -0.307. The van der Waals surface area contributed by atoms with E-state index >= 15 is 0 Å². The first-order valence-corrected chi connectivity index (χ1v) is 11.4. The molecule has 2 aromatic carbocycles. The van der Waals surface area contributed by atoms with Crippen LogP contribution in [0.5, 0.6) is 11.5 Å². The predicted octanol–water partition coefficient (Wildman–Crippen LogP) is 4.45. The summed E-state index contributed by atoms with van der Waals surface area (Å²) >= 11 is 1.42. The van der Waals surface area contributed by atoms with Crippen LogP contribution in [0.4, 0.5) is 4.39 Å². The number of ether oxygens (including phenoxy) is 2. The van der Waals surface area contributed by atoms with E-state index in [0.29, 0.717) is 35.7 Å². The minimum absolute atomic E-state index is 0.105. The Kier molecular flexibility index (Phi) is 5.63. The molecular formula is C24H22FN3O3S. The third-order valence-electron chi connectivity index (χ3n) is 5.50. The minimum Gasteiger partial charge on any atom is -0.486 e. The van der Waals surface area contributed by atoms with Gasteiger partial charge in [0.15, 0.2) is 11.5 Å². The molecule has 0 aliphatic carbocycles. The first-order valence-electron chi connectivity index (χ1n) is 10.5. The van der Waals surface area contributed by atoms with Crippen LogP contribution in [0, 0.1) is 5.82 Å².